The average Bonchev–Trinajstić information content (AvgIpc) is 2.77. The molecule has 0 radical (unpaired) electrons. The zero-order valence-corrected chi connectivity index (χ0v) is 12.0. The third-order valence-corrected chi connectivity index (χ3v) is 4.02. The van der Waals surface area contributed by atoms with Crippen LogP contribution < -0.4 is 0 Å². The first-order chi connectivity index (χ1) is 10.7. The third-order valence-electron chi connectivity index (χ3n) is 4.02. The van der Waals surface area contributed by atoms with Crippen LogP contribution in [0.1, 0.15) is 0 Å². The Bertz CT molecular complexity index is 393. The van der Waals surface area contributed by atoms with Gasteiger partial charge in [-0.05, 0) is 0 Å². The molecule has 11 heteroatoms. The zero-order chi connectivity index (χ0) is 17.4. The van der Waals surface area contributed by atoms with Crippen LogP contribution in [0.5, 0.6) is 0 Å². The molecule has 0 aromatic rings. The third kappa shape index (κ3) is 3.50. The van der Waals surface area contributed by atoms with Gasteiger partial charge < -0.3 is 55.1 Å². The fourth-order valence-corrected chi connectivity index (χ4v) is 2.53. The van der Waals surface area contributed by atoms with Crippen molar-refractivity contribution in [3.05, 3.63) is 0 Å². The zero-order valence-electron chi connectivity index (χ0n) is 12.0. The van der Waals surface area contributed by atoms with Gasteiger partial charge in [0.2, 0.25) is 5.79 Å². The lowest BCUT2D eigenvalue weighted by molar-refractivity contribution is -0.310. The molecule has 2 aliphatic rings. The van der Waals surface area contributed by atoms with E-state index in [1.807, 2.05) is 0 Å². The Hall–Kier alpha value is -0.440. The molecule has 2 fully saturated rings. The Morgan fingerprint density at radius 2 is 1.52 bits per heavy atom. The van der Waals surface area contributed by atoms with Crippen LogP contribution in [-0.4, -0.2) is 115 Å². The highest BCUT2D eigenvalue weighted by atomic mass is 16.7. The van der Waals surface area contributed by atoms with E-state index >= 15 is 0 Å². The Morgan fingerprint density at radius 1 is 0.870 bits per heavy atom. The standard InChI is InChI=1S/C12H22O11/c13-1-4-6(15)8(17)9(18)11(22-4)21-2-5-7(16)10(19)12(20,3-14)23-5/h4-11,13-20H,1-3H2/t4-,5-,6-,7-,8+,9-,10+,11+,12-/m0/s1. The molecule has 0 bridgehead atoms. The first-order valence-electron chi connectivity index (χ1n) is 7.04. The normalized spacial score (nSPS) is 51.1. The SMILES string of the molecule is OC[C@@H]1O[C@@H](OC[C@@H]2O[C@@](O)(CO)[C@H](O)[C@H]2O)[C@@H](O)[C@H](O)[C@H]1O. The van der Waals surface area contributed by atoms with Gasteiger partial charge in [-0.25, -0.2) is 0 Å². The smallest absolute Gasteiger partial charge is 0.219 e. The van der Waals surface area contributed by atoms with Gasteiger partial charge in [0.15, 0.2) is 6.29 Å². The summed E-state index contributed by atoms with van der Waals surface area (Å²) in [7, 11) is 0. The van der Waals surface area contributed by atoms with E-state index in [4.69, 9.17) is 24.4 Å². The molecule has 0 amide bonds. The summed E-state index contributed by atoms with van der Waals surface area (Å²) < 4.78 is 15.2. The van der Waals surface area contributed by atoms with Crippen molar-refractivity contribution in [2.24, 2.45) is 0 Å². The number of hydrogen-bond acceptors (Lipinski definition) is 11. The largest absolute Gasteiger partial charge is 0.394 e. The molecule has 2 heterocycles. The fraction of sp³-hybridized carbons (Fsp3) is 1.00. The van der Waals surface area contributed by atoms with Gasteiger partial charge in [0.05, 0.1) is 19.8 Å². The predicted octanol–water partition coefficient (Wildman–Crippen LogP) is -5.40. The van der Waals surface area contributed by atoms with Crippen molar-refractivity contribution < 1.29 is 55.1 Å². The van der Waals surface area contributed by atoms with Crippen molar-refractivity contribution in [3.8, 4) is 0 Å². The minimum atomic E-state index is -2.34. The summed E-state index contributed by atoms with van der Waals surface area (Å²) >= 11 is 0. The molecule has 0 aromatic carbocycles. The Kier molecular flexibility index (Phi) is 5.92. The molecule has 2 aliphatic heterocycles. The van der Waals surface area contributed by atoms with Crippen molar-refractivity contribution in [3.63, 3.8) is 0 Å². The van der Waals surface area contributed by atoms with Gasteiger partial charge in [0.1, 0.15) is 42.7 Å². The lowest BCUT2D eigenvalue weighted by atomic mass is 9.99. The summed E-state index contributed by atoms with van der Waals surface area (Å²) in [5.74, 6) is -2.34. The molecule has 0 aromatic heterocycles. The Morgan fingerprint density at radius 3 is 2.04 bits per heavy atom. The summed E-state index contributed by atoms with van der Waals surface area (Å²) in [5.41, 5.74) is 0. The first-order valence-corrected chi connectivity index (χ1v) is 7.04. The maximum absolute atomic E-state index is 9.78. The second-order valence-electron chi connectivity index (χ2n) is 5.63. The lowest BCUT2D eigenvalue weighted by Gasteiger charge is -2.39. The van der Waals surface area contributed by atoms with Gasteiger partial charge in [-0.1, -0.05) is 0 Å². The molecular weight excluding hydrogens is 320 g/mol. The van der Waals surface area contributed by atoms with Crippen LogP contribution in [0.15, 0.2) is 0 Å². The molecule has 0 aliphatic carbocycles. The number of hydrogen-bond donors (Lipinski definition) is 8. The highest BCUT2D eigenvalue weighted by Crippen LogP contribution is 2.30. The highest BCUT2D eigenvalue weighted by Gasteiger charge is 2.53. The van der Waals surface area contributed by atoms with Crippen molar-refractivity contribution >= 4 is 0 Å². The van der Waals surface area contributed by atoms with Crippen LogP contribution in [0.3, 0.4) is 0 Å². The van der Waals surface area contributed by atoms with E-state index in [0.29, 0.717) is 0 Å². The fourth-order valence-electron chi connectivity index (χ4n) is 2.53. The number of aliphatic hydroxyl groups excluding tert-OH is 7. The molecule has 23 heavy (non-hydrogen) atoms. The van der Waals surface area contributed by atoms with E-state index in [1.165, 1.54) is 0 Å². The molecule has 136 valence electrons. The van der Waals surface area contributed by atoms with Crippen LogP contribution in [0.4, 0.5) is 0 Å². The number of ether oxygens (including phenoxy) is 3. The monoisotopic (exact) mass is 342 g/mol. The maximum Gasteiger partial charge on any atom is 0.219 e. The highest BCUT2D eigenvalue weighted by molar-refractivity contribution is 4.95. The molecule has 11 nitrogen and oxygen atoms in total. The molecule has 0 saturated carbocycles. The van der Waals surface area contributed by atoms with E-state index in [0.717, 1.165) is 0 Å². The molecule has 8 N–H and O–H groups in total. The van der Waals surface area contributed by atoms with Crippen molar-refractivity contribution in [1.29, 1.82) is 0 Å². The summed E-state index contributed by atoms with van der Waals surface area (Å²) in [4.78, 5) is 0. The van der Waals surface area contributed by atoms with Gasteiger partial charge in [-0.2, -0.15) is 0 Å². The van der Waals surface area contributed by atoms with E-state index < -0.39 is 74.6 Å². The van der Waals surface area contributed by atoms with Crippen LogP contribution >= 0.6 is 0 Å². The van der Waals surface area contributed by atoms with E-state index in [1.54, 1.807) is 0 Å². The molecule has 0 unspecified atom stereocenters. The molecular formula is C12H22O11. The van der Waals surface area contributed by atoms with Crippen LogP contribution in [0, 0.1) is 0 Å². The number of rotatable bonds is 5. The molecule has 2 saturated heterocycles. The van der Waals surface area contributed by atoms with Crippen molar-refractivity contribution in [2.75, 3.05) is 19.8 Å². The predicted molar refractivity (Wildman–Crippen MR) is 68.6 cm³/mol. The molecule has 0 spiro atoms. The molecule has 9 atom stereocenters. The van der Waals surface area contributed by atoms with Gasteiger partial charge >= 0.3 is 0 Å². The van der Waals surface area contributed by atoms with Crippen molar-refractivity contribution in [1.82, 2.24) is 0 Å². The van der Waals surface area contributed by atoms with E-state index in [9.17, 15) is 30.6 Å². The van der Waals surface area contributed by atoms with Crippen LogP contribution in [0.25, 0.3) is 0 Å². The summed E-state index contributed by atoms with van der Waals surface area (Å²) in [6, 6.07) is 0. The van der Waals surface area contributed by atoms with Gasteiger partial charge in [0, 0.05) is 0 Å². The second kappa shape index (κ2) is 7.21. The molecule has 2 rings (SSSR count). The summed E-state index contributed by atoms with van der Waals surface area (Å²) in [6.45, 7) is -2.05. The average molecular weight is 342 g/mol. The summed E-state index contributed by atoms with van der Waals surface area (Å²) in [5, 5.41) is 76.1. The van der Waals surface area contributed by atoms with E-state index in [-0.39, 0.29) is 0 Å². The van der Waals surface area contributed by atoms with Crippen LogP contribution in [-0.2, 0) is 14.2 Å². The lowest BCUT2D eigenvalue weighted by Crippen LogP contribution is -2.59. The number of aliphatic hydroxyl groups is 8. The maximum atomic E-state index is 9.78. The Labute approximate surface area is 130 Å². The quantitative estimate of drug-likeness (QED) is 0.238. The second-order valence-corrected chi connectivity index (χ2v) is 5.63. The van der Waals surface area contributed by atoms with Gasteiger partial charge in [0.25, 0.3) is 0 Å². The minimum absolute atomic E-state index is 0.469. The van der Waals surface area contributed by atoms with Crippen LogP contribution in [0.2, 0.25) is 0 Å². The minimum Gasteiger partial charge on any atom is -0.394 e. The first kappa shape index (κ1) is 18.9. The van der Waals surface area contributed by atoms with Gasteiger partial charge in [-0.15, -0.1) is 0 Å². The Balaban J connectivity index is 1.95. The van der Waals surface area contributed by atoms with E-state index in [2.05, 4.69) is 0 Å². The summed E-state index contributed by atoms with van der Waals surface area (Å²) in [6.07, 6.45) is -12.0. The van der Waals surface area contributed by atoms with Crippen molar-refractivity contribution in [2.45, 2.75) is 54.8 Å². The topological polar surface area (TPSA) is 190 Å². The van der Waals surface area contributed by atoms with Gasteiger partial charge in [-0.3, -0.25) is 0 Å².